The maximum Gasteiger partial charge on any atom is 0.240 e. The fourth-order valence-corrected chi connectivity index (χ4v) is 1.80. The molecule has 19 heavy (non-hydrogen) atoms. The lowest BCUT2D eigenvalue weighted by Crippen LogP contribution is -2.34. The Hall–Kier alpha value is -2.20. The molecule has 0 saturated carbocycles. The smallest absolute Gasteiger partial charge is 0.240 e. The molecule has 0 heterocycles. The van der Waals surface area contributed by atoms with Crippen molar-refractivity contribution in [2.75, 3.05) is 7.05 Å². The van der Waals surface area contributed by atoms with Gasteiger partial charge in [-0.3, -0.25) is 9.80 Å². The van der Waals surface area contributed by atoms with Gasteiger partial charge in [0.1, 0.15) is 5.82 Å². The predicted molar refractivity (Wildman–Crippen MR) is 72.5 cm³/mol. The number of hydrogen-bond acceptors (Lipinski definition) is 2. The van der Waals surface area contributed by atoms with Crippen LogP contribution >= 0.6 is 0 Å². The third-order valence-corrected chi connectivity index (χ3v) is 2.89. The largest absolute Gasteiger partial charge is 0.284 e. The summed E-state index contributed by atoms with van der Waals surface area (Å²) in [5, 5.41) is 1.06. The molecular weight excluding hydrogens is 243 g/mol. The monoisotopic (exact) mass is 258 g/mol. The van der Waals surface area contributed by atoms with E-state index in [2.05, 4.69) is 0 Å². The molecule has 0 fully saturated rings. The Kier molecular flexibility index (Phi) is 3.92. The third kappa shape index (κ3) is 3.17. The first-order chi connectivity index (χ1) is 9.08. The fraction of sp³-hybridized carbons (Fsp3) is 0.133. The number of amides is 1. The van der Waals surface area contributed by atoms with Gasteiger partial charge in [0, 0.05) is 12.6 Å². The van der Waals surface area contributed by atoms with E-state index in [4.69, 9.17) is 5.84 Å². The van der Waals surface area contributed by atoms with Crippen molar-refractivity contribution < 1.29 is 9.18 Å². The second-order valence-corrected chi connectivity index (χ2v) is 4.36. The van der Waals surface area contributed by atoms with Crippen LogP contribution in [-0.2, 0) is 11.2 Å². The van der Waals surface area contributed by atoms with Crippen LogP contribution in [0.15, 0.2) is 48.5 Å². The van der Waals surface area contributed by atoms with Gasteiger partial charge in [0.25, 0.3) is 0 Å². The number of nitrogens with zero attached hydrogens (tertiary/aromatic N) is 1. The van der Waals surface area contributed by atoms with Crippen LogP contribution in [-0.4, -0.2) is 18.0 Å². The minimum atomic E-state index is -0.256. The van der Waals surface area contributed by atoms with Gasteiger partial charge in [-0.05, 0) is 17.2 Å². The lowest BCUT2D eigenvalue weighted by molar-refractivity contribution is -0.129. The fourth-order valence-electron chi connectivity index (χ4n) is 1.80. The SMILES string of the molecule is CN(N)C(=O)Cc1ccc(-c2ccccc2F)cc1. The molecule has 0 spiro atoms. The molecule has 98 valence electrons. The number of nitrogens with two attached hydrogens (primary N) is 1. The van der Waals surface area contributed by atoms with E-state index in [1.807, 2.05) is 12.1 Å². The molecule has 0 saturated heterocycles. The van der Waals surface area contributed by atoms with Crippen molar-refractivity contribution in [2.24, 2.45) is 5.84 Å². The first-order valence-electron chi connectivity index (χ1n) is 5.93. The van der Waals surface area contributed by atoms with Gasteiger partial charge >= 0.3 is 0 Å². The number of hydrazine groups is 1. The first kappa shape index (κ1) is 13.2. The number of hydrogen-bond donors (Lipinski definition) is 1. The van der Waals surface area contributed by atoms with E-state index in [1.54, 1.807) is 30.3 Å². The molecule has 1 amide bonds. The molecule has 2 N–H and O–H groups in total. The number of benzene rings is 2. The summed E-state index contributed by atoms with van der Waals surface area (Å²) in [5.41, 5.74) is 2.19. The molecule has 2 rings (SSSR count). The van der Waals surface area contributed by atoms with Gasteiger partial charge in [-0.1, -0.05) is 42.5 Å². The minimum absolute atomic E-state index is 0.168. The van der Waals surface area contributed by atoms with E-state index in [0.29, 0.717) is 5.56 Å². The average molecular weight is 258 g/mol. The highest BCUT2D eigenvalue weighted by Gasteiger charge is 2.07. The van der Waals surface area contributed by atoms with E-state index in [1.165, 1.54) is 13.1 Å². The van der Waals surface area contributed by atoms with E-state index in [-0.39, 0.29) is 18.1 Å². The summed E-state index contributed by atoms with van der Waals surface area (Å²) in [4.78, 5) is 11.5. The van der Waals surface area contributed by atoms with Crippen molar-refractivity contribution in [3.63, 3.8) is 0 Å². The van der Waals surface area contributed by atoms with Crippen molar-refractivity contribution in [3.8, 4) is 11.1 Å². The summed E-state index contributed by atoms with van der Waals surface area (Å²) in [6, 6.07) is 13.8. The predicted octanol–water partition coefficient (Wildman–Crippen LogP) is 2.37. The van der Waals surface area contributed by atoms with Crippen LogP contribution in [0, 0.1) is 5.82 Å². The molecule has 3 nitrogen and oxygen atoms in total. The summed E-state index contributed by atoms with van der Waals surface area (Å²) in [6.45, 7) is 0. The quantitative estimate of drug-likeness (QED) is 0.522. The molecule has 4 heteroatoms. The van der Waals surface area contributed by atoms with Crippen molar-refractivity contribution >= 4 is 5.91 Å². The molecule has 0 aliphatic heterocycles. The standard InChI is InChI=1S/C15H15FN2O/c1-18(17)15(19)10-11-6-8-12(9-7-11)13-4-2-3-5-14(13)16/h2-9H,10,17H2,1H3. The molecule has 2 aromatic rings. The van der Waals surface area contributed by atoms with Gasteiger partial charge in [0.15, 0.2) is 0 Å². The third-order valence-electron chi connectivity index (χ3n) is 2.89. The second kappa shape index (κ2) is 5.63. The van der Waals surface area contributed by atoms with Crippen LogP contribution in [0.2, 0.25) is 0 Å². The topological polar surface area (TPSA) is 46.3 Å². The molecule has 0 radical (unpaired) electrons. The van der Waals surface area contributed by atoms with E-state index >= 15 is 0 Å². The van der Waals surface area contributed by atoms with Crippen LogP contribution in [0.25, 0.3) is 11.1 Å². The van der Waals surface area contributed by atoms with Gasteiger partial charge in [0.05, 0.1) is 6.42 Å². The highest BCUT2D eigenvalue weighted by Crippen LogP contribution is 2.22. The van der Waals surface area contributed by atoms with Crippen LogP contribution in [0.3, 0.4) is 0 Å². The summed E-state index contributed by atoms with van der Waals surface area (Å²) in [6.07, 6.45) is 0.241. The summed E-state index contributed by atoms with van der Waals surface area (Å²) in [7, 11) is 1.51. The van der Waals surface area contributed by atoms with Gasteiger partial charge in [0.2, 0.25) is 5.91 Å². The Balaban J connectivity index is 2.20. The lowest BCUT2D eigenvalue weighted by Gasteiger charge is -2.10. The first-order valence-corrected chi connectivity index (χ1v) is 5.93. The van der Waals surface area contributed by atoms with E-state index < -0.39 is 0 Å². The van der Waals surface area contributed by atoms with Crippen molar-refractivity contribution in [1.29, 1.82) is 0 Å². The Morgan fingerprint density at radius 3 is 2.37 bits per heavy atom. The normalized spacial score (nSPS) is 10.3. The summed E-state index contributed by atoms with van der Waals surface area (Å²) >= 11 is 0. The number of carbonyl (C=O) groups excluding carboxylic acids is 1. The van der Waals surface area contributed by atoms with Crippen LogP contribution in [0.5, 0.6) is 0 Å². The van der Waals surface area contributed by atoms with Crippen LogP contribution in [0.4, 0.5) is 4.39 Å². The highest BCUT2D eigenvalue weighted by molar-refractivity contribution is 5.78. The molecule has 0 unspecified atom stereocenters. The minimum Gasteiger partial charge on any atom is -0.284 e. The summed E-state index contributed by atoms with van der Waals surface area (Å²) in [5.74, 6) is 4.93. The van der Waals surface area contributed by atoms with Gasteiger partial charge < -0.3 is 0 Å². The van der Waals surface area contributed by atoms with Crippen molar-refractivity contribution in [3.05, 3.63) is 59.9 Å². The maximum absolute atomic E-state index is 13.6. The van der Waals surface area contributed by atoms with Crippen molar-refractivity contribution in [2.45, 2.75) is 6.42 Å². The van der Waals surface area contributed by atoms with E-state index in [9.17, 15) is 9.18 Å². The van der Waals surface area contributed by atoms with E-state index in [0.717, 1.165) is 16.1 Å². The zero-order valence-electron chi connectivity index (χ0n) is 10.6. The zero-order valence-corrected chi connectivity index (χ0v) is 10.6. The number of halogens is 1. The van der Waals surface area contributed by atoms with Gasteiger partial charge in [-0.25, -0.2) is 10.2 Å². The Bertz CT molecular complexity index is 579. The highest BCUT2D eigenvalue weighted by atomic mass is 19.1. The van der Waals surface area contributed by atoms with Gasteiger partial charge in [-0.2, -0.15) is 0 Å². The zero-order chi connectivity index (χ0) is 13.8. The number of rotatable bonds is 3. The second-order valence-electron chi connectivity index (χ2n) is 4.36. The maximum atomic E-state index is 13.6. The Labute approximate surface area is 111 Å². The molecule has 2 aromatic carbocycles. The Morgan fingerprint density at radius 2 is 1.79 bits per heavy atom. The lowest BCUT2D eigenvalue weighted by atomic mass is 10.0. The molecule has 0 bridgehead atoms. The van der Waals surface area contributed by atoms with Crippen LogP contribution in [0.1, 0.15) is 5.56 Å². The average Bonchev–Trinajstić information content (AvgIpc) is 2.40. The molecule has 0 atom stereocenters. The molecule has 0 aromatic heterocycles. The van der Waals surface area contributed by atoms with Gasteiger partial charge in [-0.15, -0.1) is 0 Å². The number of carbonyl (C=O) groups is 1. The molecule has 0 aliphatic rings. The summed E-state index contributed by atoms with van der Waals surface area (Å²) < 4.78 is 13.6. The van der Waals surface area contributed by atoms with Crippen LogP contribution < -0.4 is 5.84 Å². The van der Waals surface area contributed by atoms with Crippen molar-refractivity contribution in [1.82, 2.24) is 5.01 Å². The number of likely N-dealkylation sites (N-methyl/N-ethyl adjacent to an activating group) is 1. The molecule has 0 aliphatic carbocycles. The molecular formula is C15H15FN2O. The Morgan fingerprint density at radius 1 is 1.16 bits per heavy atom.